The first-order valence-corrected chi connectivity index (χ1v) is 7.01. The smallest absolute Gasteiger partial charge is 0.436 e. The van der Waals surface area contributed by atoms with E-state index in [0.29, 0.717) is 11.3 Å². The van der Waals surface area contributed by atoms with Crippen LogP contribution in [0.4, 0.5) is 13.2 Å². The fraction of sp³-hybridized carbons (Fsp3) is 0.312. The molecule has 7 nitrogen and oxygen atoms in total. The van der Waals surface area contributed by atoms with Crippen molar-refractivity contribution in [2.24, 2.45) is 0 Å². The Morgan fingerprint density at radius 1 is 1.19 bits per heavy atom. The van der Waals surface area contributed by atoms with Crippen molar-refractivity contribution in [1.82, 2.24) is 0 Å². The highest BCUT2D eigenvalue weighted by atomic mass is 19.4. The van der Waals surface area contributed by atoms with E-state index in [9.17, 15) is 27.6 Å². The lowest BCUT2D eigenvalue weighted by molar-refractivity contribution is -0.228. The van der Waals surface area contributed by atoms with E-state index in [0.717, 1.165) is 0 Å². The fourth-order valence-corrected chi connectivity index (χ4v) is 1.65. The molecule has 0 radical (unpaired) electrons. The summed E-state index contributed by atoms with van der Waals surface area (Å²) in [7, 11) is 1.43. The number of ether oxygens (including phenoxy) is 3. The van der Waals surface area contributed by atoms with Crippen LogP contribution in [0, 0.1) is 0 Å². The van der Waals surface area contributed by atoms with Gasteiger partial charge in [-0.1, -0.05) is 18.7 Å². The van der Waals surface area contributed by atoms with Gasteiger partial charge in [0.1, 0.15) is 12.4 Å². The highest BCUT2D eigenvalue weighted by molar-refractivity contribution is 5.94. The van der Waals surface area contributed by atoms with Gasteiger partial charge in [0.25, 0.3) is 6.10 Å². The molecule has 142 valence electrons. The second-order valence-electron chi connectivity index (χ2n) is 4.96. The van der Waals surface area contributed by atoms with E-state index in [1.807, 2.05) is 0 Å². The maximum atomic E-state index is 12.9. The molecule has 1 atom stereocenters. The number of alkyl halides is 3. The van der Waals surface area contributed by atoms with Crippen LogP contribution in [0.25, 0.3) is 0 Å². The molecule has 0 amide bonds. The highest BCUT2D eigenvalue weighted by Gasteiger charge is 2.49. The zero-order valence-corrected chi connectivity index (χ0v) is 13.5. The largest absolute Gasteiger partial charge is 0.497 e. The number of rotatable bonds is 8. The van der Waals surface area contributed by atoms with E-state index in [-0.39, 0.29) is 0 Å². The fourth-order valence-electron chi connectivity index (χ4n) is 1.65. The van der Waals surface area contributed by atoms with E-state index in [1.165, 1.54) is 31.4 Å². The lowest BCUT2D eigenvalue weighted by atomic mass is 10.2. The number of carbonyl (C=O) groups is 3. The Labute approximate surface area is 146 Å². The number of hydrogen-bond donors (Lipinski definition) is 1. The van der Waals surface area contributed by atoms with Gasteiger partial charge in [-0.15, -0.1) is 0 Å². The average Bonchev–Trinajstić information content (AvgIpc) is 2.56. The Balaban J connectivity index is 2.75. The maximum absolute atomic E-state index is 12.9. The number of hydrogen-bond acceptors (Lipinski definition) is 6. The molecule has 0 saturated carbocycles. The van der Waals surface area contributed by atoms with Crippen LogP contribution in [0.3, 0.4) is 0 Å². The third kappa shape index (κ3) is 6.46. The van der Waals surface area contributed by atoms with Crippen LogP contribution in [-0.4, -0.2) is 42.4 Å². The molecule has 26 heavy (non-hydrogen) atoms. The molecule has 0 aromatic heterocycles. The molecule has 0 aliphatic heterocycles. The second kappa shape index (κ2) is 8.88. The average molecular weight is 376 g/mol. The van der Waals surface area contributed by atoms with Gasteiger partial charge in [-0.25, -0.2) is 9.59 Å². The SMILES string of the molecule is C=C(CC(=O)O)C(=O)OC(C(=O)OCc1ccc(OC)cc1)C(F)(F)F. The van der Waals surface area contributed by atoms with Crippen LogP contribution >= 0.6 is 0 Å². The predicted octanol–water partition coefficient (Wildman–Crippen LogP) is 2.24. The van der Waals surface area contributed by atoms with Gasteiger partial charge in [-0.05, 0) is 17.7 Å². The Bertz CT molecular complexity index is 680. The molecule has 0 bridgehead atoms. The molecule has 1 rings (SSSR count). The summed E-state index contributed by atoms with van der Waals surface area (Å²) >= 11 is 0. The Morgan fingerprint density at radius 3 is 2.23 bits per heavy atom. The quantitative estimate of drug-likeness (QED) is 0.549. The third-order valence-corrected chi connectivity index (χ3v) is 2.93. The molecule has 1 N–H and O–H groups in total. The summed E-state index contributed by atoms with van der Waals surface area (Å²) in [6.45, 7) is 2.52. The van der Waals surface area contributed by atoms with Gasteiger partial charge in [0.05, 0.1) is 13.5 Å². The van der Waals surface area contributed by atoms with Gasteiger partial charge in [-0.2, -0.15) is 13.2 Å². The normalized spacial score (nSPS) is 12.0. The molecular weight excluding hydrogens is 361 g/mol. The van der Waals surface area contributed by atoms with Gasteiger partial charge in [0, 0.05) is 5.57 Å². The zero-order chi connectivity index (χ0) is 19.9. The van der Waals surface area contributed by atoms with Crippen LogP contribution in [-0.2, 0) is 30.5 Å². The topological polar surface area (TPSA) is 99.1 Å². The molecule has 0 aliphatic carbocycles. The lowest BCUT2D eigenvalue weighted by Crippen LogP contribution is -2.42. The van der Waals surface area contributed by atoms with Gasteiger partial charge in [0.2, 0.25) is 0 Å². The summed E-state index contributed by atoms with van der Waals surface area (Å²) in [5, 5.41) is 8.49. The molecule has 0 aliphatic rings. The van der Waals surface area contributed by atoms with E-state index in [2.05, 4.69) is 16.1 Å². The van der Waals surface area contributed by atoms with Crippen molar-refractivity contribution < 1.29 is 46.9 Å². The monoisotopic (exact) mass is 376 g/mol. The van der Waals surface area contributed by atoms with Crippen molar-refractivity contribution in [3.63, 3.8) is 0 Å². The minimum atomic E-state index is -5.24. The van der Waals surface area contributed by atoms with Crippen molar-refractivity contribution in [2.75, 3.05) is 7.11 Å². The molecule has 1 unspecified atom stereocenters. The van der Waals surface area contributed by atoms with Crippen molar-refractivity contribution in [3.05, 3.63) is 42.0 Å². The molecule has 0 saturated heterocycles. The Morgan fingerprint density at radius 2 is 1.77 bits per heavy atom. The van der Waals surface area contributed by atoms with Gasteiger partial charge >= 0.3 is 24.1 Å². The first kappa shape index (κ1) is 21.0. The standard InChI is InChI=1S/C16H15F3O7/c1-9(7-12(20)21)14(22)26-13(16(17,18)19)15(23)25-8-10-3-5-11(24-2)6-4-10/h3-6,13H,1,7-8H2,2H3,(H,20,21). The van der Waals surface area contributed by atoms with Crippen molar-refractivity contribution in [2.45, 2.75) is 25.3 Å². The van der Waals surface area contributed by atoms with Crippen molar-refractivity contribution >= 4 is 17.9 Å². The first-order chi connectivity index (χ1) is 12.0. The number of halogens is 3. The molecule has 0 spiro atoms. The maximum Gasteiger partial charge on any atom is 0.436 e. The molecule has 0 fully saturated rings. The number of esters is 2. The number of aliphatic carboxylic acids is 1. The lowest BCUT2D eigenvalue weighted by Gasteiger charge is -2.19. The van der Waals surface area contributed by atoms with Gasteiger partial charge in [0.15, 0.2) is 0 Å². The van der Waals surface area contributed by atoms with Gasteiger partial charge in [-0.3, -0.25) is 4.79 Å². The van der Waals surface area contributed by atoms with Crippen molar-refractivity contribution in [3.8, 4) is 5.75 Å². The predicted molar refractivity (Wildman–Crippen MR) is 80.1 cm³/mol. The van der Waals surface area contributed by atoms with E-state index < -0.39 is 48.8 Å². The van der Waals surface area contributed by atoms with Crippen LogP contribution in [0.15, 0.2) is 36.4 Å². The minimum Gasteiger partial charge on any atom is -0.497 e. The van der Waals surface area contributed by atoms with Crippen LogP contribution < -0.4 is 4.74 Å². The molecule has 0 heterocycles. The molecular formula is C16H15F3O7. The van der Waals surface area contributed by atoms with Crippen LogP contribution in [0.2, 0.25) is 0 Å². The Kier molecular flexibility index (Phi) is 7.17. The minimum absolute atomic E-state index is 0.377. The van der Waals surface area contributed by atoms with E-state index >= 15 is 0 Å². The van der Waals surface area contributed by atoms with Gasteiger partial charge < -0.3 is 19.3 Å². The number of carboxylic acid groups (broad SMARTS) is 1. The molecule has 10 heteroatoms. The molecule has 1 aromatic carbocycles. The summed E-state index contributed by atoms with van der Waals surface area (Å²) in [5.74, 6) is -4.49. The number of methoxy groups -OCH3 is 1. The second-order valence-corrected chi connectivity index (χ2v) is 4.96. The number of carbonyl (C=O) groups excluding carboxylic acids is 2. The molecule has 1 aromatic rings. The summed E-state index contributed by atoms with van der Waals surface area (Å²) in [5.41, 5.74) is -0.364. The van der Waals surface area contributed by atoms with Crippen LogP contribution in [0.1, 0.15) is 12.0 Å². The van der Waals surface area contributed by atoms with Crippen molar-refractivity contribution in [1.29, 1.82) is 0 Å². The third-order valence-electron chi connectivity index (χ3n) is 2.93. The van der Waals surface area contributed by atoms with Crippen LogP contribution in [0.5, 0.6) is 5.75 Å². The first-order valence-electron chi connectivity index (χ1n) is 7.01. The zero-order valence-electron chi connectivity index (χ0n) is 13.5. The van der Waals surface area contributed by atoms with E-state index in [1.54, 1.807) is 0 Å². The summed E-state index contributed by atoms with van der Waals surface area (Å²) in [6.07, 6.45) is -9.36. The summed E-state index contributed by atoms with van der Waals surface area (Å²) in [6, 6.07) is 5.96. The summed E-state index contributed by atoms with van der Waals surface area (Å²) in [4.78, 5) is 33.6. The number of benzene rings is 1. The highest BCUT2D eigenvalue weighted by Crippen LogP contribution is 2.25. The summed E-state index contributed by atoms with van der Waals surface area (Å²) < 4.78 is 52.3. The Hall–Kier alpha value is -3.04. The number of carboxylic acids is 1. The van der Waals surface area contributed by atoms with E-state index in [4.69, 9.17) is 9.84 Å².